The van der Waals surface area contributed by atoms with Crippen molar-refractivity contribution in [1.29, 1.82) is 0 Å². The van der Waals surface area contributed by atoms with Crippen LogP contribution in [0.15, 0.2) is 23.2 Å². The van der Waals surface area contributed by atoms with Gasteiger partial charge in [-0.15, -0.1) is 0 Å². The van der Waals surface area contributed by atoms with Gasteiger partial charge in [-0.3, -0.25) is 4.99 Å². The van der Waals surface area contributed by atoms with Crippen LogP contribution in [0.2, 0.25) is 0 Å². The Balaban J connectivity index is 2.11. The molecule has 5 heteroatoms. The minimum absolute atomic E-state index is 0.139. The van der Waals surface area contributed by atoms with Gasteiger partial charge in [0.1, 0.15) is 11.6 Å². The number of nitrogens with zero attached hydrogens (tertiary/aromatic N) is 1. The Morgan fingerprint density at radius 3 is 2.82 bits per heavy atom. The molecule has 92 valence electrons. The number of anilines is 1. The fourth-order valence-corrected chi connectivity index (χ4v) is 2.69. The van der Waals surface area contributed by atoms with E-state index in [1.165, 1.54) is 11.8 Å². The van der Waals surface area contributed by atoms with Crippen molar-refractivity contribution >= 4 is 22.6 Å². The quantitative estimate of drug-likeness (QED) is 0.875. The summed E-state index contributed by atoms with van der Waals surface area (Å²) < 4.78 is 26.4. The standard InChI is InChI=1S/C12H14F2N2S/c1-7(2)11-6-17-12(16-11)15-10-5-8(13)3-4-9(10)14/h3-5,7,11H,6H2,1-2H3,(H,15,16). The van der Waals surface area contributed by atoms with Crippen LogP contribution in [-0.2, 0) is 0 Å². The second-order valence-electron chi connectivity index (χ2n) is 4.31. The molecule has 0 saturated heterocycles. The van der Waals surface area contributed by atoms with Crippen molar-refractivity contribution in [2.45, 2.75) is 19.9 Å². The monoisotopic (exact) mass is 256 g/mol. The van der Waals surface area contributed by atoms with Gasteiger partial charge >= 0.3 is 0 Å². The molecular weight excluding hydrogens is 242 g/mol. The first kappa shape index (κ1) is 12.4. The van der Waals surface area contributed by atoms with Gasteiger partial charge in [0, 0.05) is 11.8 Å². The Bertz CT molecular complexity index is 446. The number of hydrogen-bond acceptors (Lipinski definition) is 3. The highest BCUT2D eigenvalue weighted by atomic mass is 32.2. The summed E-state index contributed by atoms with van der Waals surface area (Å²) in [5.41, 5.74) is 0.139. The Morgan fingerprint density at radius 2 is 2.18 bits per heavy atom. The molecule has 1 aliphatic rings. The fourth-order valence-electron chi connectivity index (χ4n) is 1.51. The van der Waals surface area contributed by atoms with E-state index in [1.54, 1.807) is 0 Å². The minimum Gasteiger partial charge on any atom is -0.332 e. The van der Waals surface area contributed by atoms with Gasteiger partial charge in [0.15, 0.2) is 5.17 Å². The minimum atomic E-state index is -0.470. The van der Waals surface area contributed by atoms with E-state index in [1.807, 2.05) is 0 Å². The molecule has 1 N–H and O–H groups in total. The first-order valence-corrected chi connectivity index (χ1v) is 6.47. The smallest absolute Gasteiger partial charge is 0.161 e. The molecule has 0 aliphatic carbocycles. The Hall–Kier alpha value is -1.10. The van der Waals surface area contributed by atoms with Crippen molar-refractivity contribution in [3.8, 4) is 0 Å². The third kappa shape index (κ3) is 2.97. The second-order valence-corrected chi connectivity index (χ2v) is 5.31. The van der Waals surface area contributed by atoms with Gasteiger partial charge < -0.3 is 5.32 Å². The average Bonchev–Trinajstić information content (AvgIpc) is 2.72. The molecule has 0 amide bonds. The molecule has 2 nitrogen and oxygen atoms in total. The molecule has 1 aromatic rings. The van der Waals surface area contributed by atoms with E-state index in [0.29, 0.717) is 11.1 Å². The largest absolute Gasteiger partial charge is 0.332 e. The summed E-state index contributed by atoms with van der Waals surface area (Å²) in [4.78, 5) is 4.43. The number of hydrogen-bond donors (Lipinski definition) is 1. The lowest BCUT2D eigenvalue weighted by atomic mass is 10.1. The zero-order chi connectivity index (χ0) is 12.4. The molecule has 1 aromatic carbocycles. The van der Waals surface area contributed by atoms with Crippen LogP contribution in [0.4, 0.5) is 14.5 Å². The third-order valence-corrected chi connectivity index (χ3v) is 3.60. The molecule has 0 radical (unpaired) electrons. The van der Waals surface area contributed by atoms with Crippen LogP contribution >= 0.6 is 11.8 Å². The molecule has 1 atom stereocenters. The van der Waals surface area contributed by atoms with Crippen molar-refractivity contribution < 1.29 is 8.78 Å². The summed E-state index contributed by atoms with van der Waals surface area (Å²) in [6, 6.07) is 3.60. The van der Waals surface area contributed by atoms with E-state index >= 15 is 0 Å². The van der Waals surface area contributed by atoms with E-state index in [4.69, 9.17) is 0 Å². The molecule has 0 saturated carbocycles. The summed E-state index contributed by atoms with van der Waals surface area (Å²) in [6.45, 7) is 4.20. The van der Waals surface area contributed by atoms with Gasteiger partial charge in [0.25, 0.3) is 0 Å². The summed E-state index contributed by atoms with van der Waals surface area (Å²) in [5.74, 6) is 0.413. The van der Waals surface area contributed by atoms with Gasteiger partial charge in [-0.1, -0.05) is 25.6 Å². The van der Waals surface area contributed by atoms with Crippen LogP contribution in [0.1, 0.15) is 13.8 Å². The van der Waals surface area contributed by atoms with Gasteiger partial charge in [0.05, 0.1) is 11.7 Å². The van der Waals surface area contributed by atoms with Crippen LogP contribution in [0.5, 0.6) is 0 Å². The molecule has 17 heavy (non-hydrogen) atoms. The summed E-state index contributed by atoms with van der Waals surface area (Å²) >= 11 is 1.54. The van der Waals surface area contributed by atoms with Crippen molar-refractivity contribution in [2.75, 3.05) is 11.1 Å². The van der Waals surface area contributed by atoms with Crippen LogP contribution in [-0.4, -0.2) is 17.0 Å². The molecule has 0 bridgehead atoms. The van der Waals surface area contributed by atoms with Crippen LogP contribution in [0.25, 0.3) is 0 Å². The van der Waals surface area contributed by atoms with E-state index in [0.717, 1.165) is 24.0 Å². The van der Waals surface area contributed by atoms with Crippen molar-refractivity contribution in [2.24, 2.45) is 10.9 Å². The van der Waals surface area contributed by atoms with Crippen LogP contribution in [0.3, 0.4) is 0 Å². The van der Waals surface area contributed by atoms with Crippen molar-refractivity contribution in [1.82, 2.24) is 0 Å². The van der Waals surface area contributed by atoms with E-state index in [-0.39, 0.29) is 11.7 Å². The molecular formula is C12H14F2N2S. The van der Waals surface area contributed by atoms with Crippen molar-refractivity contribution in [3.05, 3.63) is 29.8 Å². The molecule has 1 heterocycles. The number of aliphatic imine (C=N–C) groups is 1. The zero-order valence-electron chi connectivity index (χ0n) is 9.71. The van der Waals surface area contributed by atoms with Gasteiger partial charge in [-0.05, 0) is 18.1 Å². The zero-order valence-corrected chi connectivity index (χ0v) is 10.5. The molecule has 1 unspecified atom stereocenters. The summed E-state index contributed by atoms with van der Waals surface area (Å²) in [5, 5.41) is 3.49. The molecule has 0 fully saturated rings. The maximum absolute atomic E-state index is 13.4. The third-order valence-electron chi connectivity index (χ3n) is 2.61. The lowest BCUT2D eigenvalue weighted by Crippen LogP contribution is -2.12. The first-order valence-electron chi connectivity index (χ1n) is 5.49. The maximum Gasteiger partial charge on any atom is 0.161 e. The highest BCUT2D eigenvalue weighted by Gasteiger charge is 2.21. The average molecular weight is 256 g/mol. The fraction of sp³-hybridized carbons (Fsp3) is 0.417. The number of halogens is 2. The van der Waals surface area contributed by atoms with Crippen LogP contribution < -0.4 is 5.32 Å². The Labute approximate surface area is 104 Å². The number of nitrogens with one attached hydrogen (secondary N) is 1. The molecule has 0 aromatic heterocycles. The first-order chi connectivity index (χ1) is 8.06. The molecule has 2 rings (SSSR count). The normalized spacial score (nSPS) is 19.6. The Morgan fingerprint density at radius 1 is 1.41 bits per heavy atom. The van der Waals surface area contributed by atoms with Gasteiger partial charge in [-0.2, -0.15) is 0 Å². The topological polar surface area (TPSA) is 24.4 Å². The lowest BCUT2D eigenvalue weighted by molar-refractivity contribution is 0.543. The van der Waals surface area contributed by atoms with Crippen LogP contribution in [0, 0.1) is 17.6 Å². The number of benzene rings is 1. The van der Waals surface area contributed by atoms with Gasteiger partial charge in [-0.25, -0.2) is 8.78 Å². The summed E-state index contributed by atoms with van der Waals surface area (Å²) in [6.07, 6.45) is 0. The maximum atomic E-state index is 13.4. The van der Waals surface area contributed by atoms with Crippen molar-refractivity contribution in [3.63, 3.8) is 0 Å². The van der Waals surface area contributed by atoms with E-state index < -0.39 is 11.6 Å². The number of thioether (sulfide) groups is 1. The lowest BCUT2D eigenvalue weighted by Gasteiger charge is -2.08. The van der Waals surface area contributed by atoms with Gasteiger partial charge in [0.2, 0.25) is 0 Å². The Kier molecular flexibility index (Phi) is 3.66. The highest BCUT2D eigenvalue weighted by Crippen LogP contribution is 2.25. The van der Waals surface area contributed by atoms with E-state index in [9.17, 15) is 8.78 Å². The van der Waals surface area contributed by atoms with E-state index in [2.05, 4.69) is 24.2 Å². The summed E-state index contributed by atoms with van der Waals surface area (Å²) in [7, 11) is 0. The molecule has 1 aliphatic heterocycles. The predicted octanol–water partition coefficient (Wildman–Crippen LogP) is 3.50. The highest BCUT2D eigenvalue weighted by molar-refractivity contribution is 8.14. The SMILES string of the molecule is CC(C)C1CSC(Nc2cc(F)ccc2F)=N1. The second kappa shape index (κ2) is 5.04. The molecule has 0 spiro atoms. The number of rotatable bonds is 2. The number of amidine groups is 1. The predicted molar refractivity (Wildman–Crippen MR) is 68.5 cm³/mol.